The minimum absolute atomic E-state index is 0.417. The highest BCUT2D eigenvalue weighted by Crippen LogP contribution is 2.28. The van der Waals surface area contributed by atoms with Crippen molar-refractivity contribution in [3.8, 4) is 0 Å². The van der Waals surface area contributed by atoms with Gasteiger partial charge in [-0.3, -0.25) is 0 Å². The number of rotatable bonds is 4. The molecular weight excluding hydrogens is 214 g/mol. The van der Waals surface area contributed by atoms with Crippen molar-refractivity contribution in [1.82, 2.24) is 5.32 Å². The highest BCUT2D eigenvalue weighted by atomic mass is 16.5. The molecule has 1 aliphatic heterocycles. The van der Waals surface area contributed by atoms with Crippen molar-refractivity contribution in [2.75, 3.05) is 26.8 Å². The average molecular weight is 235 g/mol. The van der Waals surface area contributed by atoms with E-state index in [-0.39, 0.29) is 0 Å². The van der Waals surface area contributed by atoms with Crippen LogP contribution in [0.1, 0.15) is 36.0 Å². The molecule has 0 bridgehead atoms. The monoisotopic (exact) mass is 235 g/mol. The Kier molecular flexibility index (Phi) is 4.54. The Morgan fingerprint density at radius 3 is 2.88 bits per heavy atom. The van der Waals surface area contributed by atoms with Crippen LogP contribution < -0.4 is 5.32 Å². The second kappa shape index (κ2) is 6.15. The first-order chi connectivity index (χ1) is 8.31. The van der Waals surface area contributed by atoms with E-state index in [9.17, 15) is 5.11 Å². The molecule has 3 nitrogen and oxygen atoms in total. The lowest BCUT2D eigenvalue weighted by atomic mass is 9.90. The molecule has 0 amide bonds. The maximum Gasteiger partial charge on any atom is 0.0914 e. The van der Waals surface area contributed by atoms with Gasteiger partial charge in [0, 0.05) is 19.8 Å². The van der Waals surface area contributed by atoms with Crippen molar-refractivity contribution < 1.29 is 9.84 Å². The summed E-state index contributed by atoms with van der Waals surface area (Å²) >= 11 is 0. The molecule has 2 rings (SSSR count). The first-order valence-electron chi connectivity index (χ1n) is 6.31. The Morgan fingerprint density at radius 2 is 2.18 bits per heavy atom. The molecular formula is C14H21NO2. The molecule has 1 atom stereocenters. The van der Waals surface area contributed by atoms with E-state index >= 15 is 0 Å². The lowest BCUT2D eigenvalue weighted by Gasteiger charge is -2.23. The summed E-state index contributed by atoms with van der Waals surface area (Å²) in [5.74, 6) is 0.588. The molecule has 1 aliphatic rings. The number of hydrogen-bond acceptors (Lipinski definition) is 3. The molecule has 0 spiro atoms. The lowest BCUT2D eigenvalue weighted by molar-refractivity contribution is 0.0852. The van der Waals surface area contributed by atoms with Crippen molar-refractivity contribution in [2.45, 2.75) is 24.9 Å². The zero-order valence-electron chi connectivity index (χ0n) is 10.4. The maximum absolute atomic E-state index is 9.96. The van der Waals surface area contributed by atoms with Crippen molar-refractivity contribution in [2.24, 2.45) is 0 Å². The smallest absolute Gasteiger partial charge is 0.0914 e. The van der Waals surface area contributed by atoms with Crippen LogP contribution in [0, 0.1) is 0 Å². The van der Waals surface area contributed by atoms with Crippen LogP contribution in [0.3, 0.4) is 0 Å². The van der Waals surface area contributed by atoms with Gasteiger partial charge < -0.3 is 15.2 Å². The van der Waals surface area contributed by atoms with Gasteiger partial charge in [-0.1, -0.05) is 24.3 Å². The summed E-state index contributed by atoms with van der Waals surface area (Å²) in [4.78, 5) is 0. The number of aliphatic hydroxyl groups excluding tert-OH is 1. The number of ether oxygens (including phenoxy) is 1. The van der Waals surface area contributed by atoms with Gasteiger partial charge in [0.15, 0.2) is 0 Å². The molecule has 94 valence electrons. The van der Waals surface area contributed by atoms with Crippen LogP contribution in [0.25, 0.3) is 0 Å². The molecule has 17 heavy (non-hydrogen) atoms. The molecule has 0 saturated carbocycles. The summed E-state index contributed by atoms with van der Waals surface area (Å²) < 4.78 is 5.38. The van der Waals surface area contributed by atoms with Gasteiger partial charge in [-0.25, -0.2) is 0 Å². The number of benzene rings is 1. The van der Waals surface area contributed by atoms with Crippen LogP contribution in [-0.2, 0) is 4.74 Å². The Hall–Kier alpha value is -0.900. The molecule has 1 aromatic carbocycles. The summed E-state index contributed by atoms with van der Waals surface area (Å²) in [6, 6.07) is 8.33. The topological polar surface area (TPSA) is 41.5 Å². The minimum Gasteiger partial charge on any atom is -0.387 e. The molecule has 1 aromatic rings. The largest absolute Gasteiger partial charge is 0.387 e. The molecule has 0 radical (unpaired) electrons. The Labute approximate surface area is 103 Å². The van der Waals surface area contributed by atoms with Crippen molar-refractivity contribution in [1.29, 1.82) is 0 Å². The van der Waals surface area contributed by atoms with Crippen LogP contribution in [0.2, 0.25) is 0 Å². The van der Waals surface area contributed by atoms with E-state index in [0.29, 0.717) is 12.5 Å². The van der Waals surface area contributed by atoms with Gasteiger partial charge in [0.2, 0.25) is 0 Å². The van der Waals surface area contributed by atoms with E-state index in [4.69, 9.17) is 4.74 Å². The van der Waals surface area contributed by atoms with Crippen molar-refractivity contribution >= 4 is 0 Å². The van der Waals surface area contributed by atoms with Gasteiger partial charge in [0.25, 0.3) is 0 Å². The Bertz CT molecular complexity index is 348. The van der Waals surface area contributed by atoms with E-state index in [1.807, 2.05) is 19.2 Å². The average Bonchev–Trinajstić information content (AvgIpc) is 2.40. The Balaban J connectivity index is 2.09. The summed E-state index contributed by atoms with van der Waals surface area (Å²) in [6.45, 7) is 2.30. The third-order valence-corrected chi connectivity index (χ3v) is 3.39. The van der Waals surface area contributed by atoms with Crippen LogP contribution in [0.15, 0.2) is 24.3 Å². The summed E-state index contributed by atoms with van der Waals surface area (Å²) in [5.41, 5.74) is 2.34. The zero-order chi connectivity index (χ0) is 12.1. The highest BCUT2D eigenvalue weighted by Gasteiger charge is 2.17. The summed E-state index contributed by atoms with van der Waals surface area (Å²) in [7, 11) is 1.85. The fraction of sp³-hybridized carbons (Fsp3) is 0.571. The van der Waals surface area contributed by atoms with Gasteiger partial charge in [0.1, 0.15) is 0 Å². The molecule has 1 unspecified atom stereocenters. The van der Waals surface area contributed by atoms with E-state index in [1.54, 1.807) is 0 Å². The van der Waals surface area contributed by atoms with Crippen molar-refractivity contribution in [3.05, 3.63) is 35.4 Å². The molecule has 0 aliphatic carbocycles. The van der Waals surface area contributed by atoms with Crippen molar-refractivity contribution in [3.63, 3.8) is 0 Å². The van der Waals surface area contributed by atoms with Gasteiger partial charge in [-0.05, 0) is 36.9 Å². The van der Waals surface area contributed by atoms with E-state index in [2.05, 4.69) is 17.4 Å². The van der Waals surface area contributed by atoms with E-state index in [0.717, 1.165) is 31.6 Å². The van der Waals surface area contributed by atoms with E-state index < -0.39 is 6.10 Å². The molecule has 2 N–H and O–H groups in total. The van der Waals surface area contributed by atoms with Gasteiger partial charge in [0.05, 0.1) is 6.10 Å². The standard InChI is InChI=1S/C14H21NO2/c1-15-10-14(16)13-4-2-3-12(9-13)11-5-7-17-8-6-11/h2-4,9,11,14-16H,5-8,10H2,1H3. The molecule has 1 heterocycles. The second-order valence-corrected chi connectivity index (χ2v) is 4.63. The fourth-order valence-electron chi connectivity index (χ4n) is 2.36. The maximum atomic E-state index is 9.96. The van der Waals surface area contributed by atoms with Crippen LogP contribution in [0.5, 0.6) is 0 Å². The lowest BCUT2D eigenvalue weighted by Crippen LogP contribution is -2.17. The van der Waals surface area contributed by atoms with Gasteiger partial charge in [-0.15, -0.1) is 0 Å². The molecule has 0 aromatic heterocycles. The fourth-order valence-corrected chi connectivity index (χ4v) is 2.36. The van der Waals surface area contributed by atoms with Gasteiger partial charge >= 0.3 is 0 Å². The minimum atomic E-state index is -0.417. The molecule has 1 fully saturated rings. The SMILES string of the molecule is CNCC(O)c1cccc(C2CCOCC2)c1. The van der Waals surface area contributed by atoms with Crippen LogP contribution in [0.4, 0.5) is 0 Å². The summed E-state index contributed by atoms with van der Waals surface area (Å²) in [6.07, 6.45) is 1.76. The number of likely N-dealkylation sites (N-methyl/N-ethyl adjacent to an activating group) is 1. The first-order valence-corrected chi connectivity index (χ1v) is 6.31. The van der Waals surface area contributed by atoms with E-state index in [1.165, 1.54) is 5.56 Å². The third-order valence-electron chi connectivity index (χ3n) is 3.39. The number of hydrogen-bond donors (Lipinski definition) is 2. The predicted molar refractivity (Wildman–Crippen MR) is 68.1 cm³/mol. The van der Waals surface area contributed by atoms with Crippen LogP contribution >= 0.6 is 0 Å². The van der Waals surface area contributed by atoms with Gasteiger partial charge in [-0.2, -0.15) is 0 Å². The summed E-state index contributed by atoms with van der Waals surface area (Å²) in [5, 5.41) is 13.0. The number of nitrogens with one attached hydrogen (secondary N) is 1. The number of aliphatic hydroxyl groups is 1. The normalized spacial score (nSPS) is 19.2. The Morgan fingerprint density at radius 1 is 1.41 bits per heavy atom. The second-order valence-electron chi connectivity index (χ2n) is 4.63. The third kappa shape index (κ3) is 3.28. The highest BCUT2D eigenvalue weighted by molar-refractivity contribution is 5.28. The predicted octanol–water partition coefficient (Wildman–Crippen LogP) is 1.83. The quantitative estimate of drug-likeness (QED) is 0.836. The molecule has 3 heteroatoms. The zero-order valence-corrected chi connectivity index (χ0v) is 10.4. The first kappa shape index (κ1) is 12.6. The molecule has 1 saturated heterocycles. The van der Waals surface area contributed by atoms with Crippen LogP contribution in [-0.4, -0.2) is 31.9 Å².